The number of carboxylic acids is 1. The lowest BCUT2D eigenvalue weighted by Crippen LogP contribution is -2.10. The zero-order chi connectivity index (χ0) is 12.8. The van der Waals surface area contributed by atoms with Crippen molar-refractivity contribution in [3.63, 3.8) is 0 Å². The van der Waals surface area contributed by atoms with Crippen LogP contribution >= 0.6 is 0 Å². The molecule has 0 aromatic heterocycles. The quantitative estimate of drug-likeness (QED) is 0.764. The maximum absolute atomic E-state index is 11.3. The van der Waals surface area contributed by atoms with Crippen molar-refractivity contribution in [2.75, 3.05) is 12.4 Å². The zero-order valence-electron chi connectivity index (χ0n) is 9.40. The molecular formula is C12H13NO4. The number of anilines is 1. The number of hydrogen-bond donors (Lipinski definition) is 2. The number of hydrogen-bond acceptors (Lipinski definition) is 3. The Morgan fingerprint density at radius 2 is 2.24 bits per heavy atom. The van der Waals surface area contributed by atoms with Crippen molar-refractivity contribution >= 4 is 17.6 Å². The van der Waals surface area contributed by atoms with Crippen molar-refractivity contribution in [1.29, 1.82) is 0 Å². The molecule has 0 bridgehead atoms. The SMILES string of the molecule is C=CCC(=O)Nc1ccc(C(=O)O)c(OC)c1. The number of rotatable bonds is 5. The summed E-state index contributed by atoms with van der Waals surface area (Å²) in [7, 11) is 1.37. The monoisotopic (exact) mass is 235 g/mol. The summed E-state index contributed by atoms with van der Waals surface area (Å²) < 4.78 is 4.94. The number of nitrogens with one attached hydrogen (secondary N) is 1. The van der Waals surface area contributed by atoms with Gasteiger partial charge in [-0.15, -0.1) is 6.58 Å². The lowest BCUT2D eigenvalue weighted by Gasteiger charge is -2.08. The lowest BCUT2D eigenvalue weighted by atomic mass is 10.2. The third-order valence-corrected chi connectivity index (χ3v) is 2.05. The highest BCUT2D eigenvalue weighted by Gasteiger charge is 2.11. The van der Waals surface area contributed by atoms with Crippen molar-refractivity contribution in [2.45, 2.75) is 6.42 Å². The molecule has 0 saturated carbocycles. The van der Waals surface area contributed by atoms with Crippen LogP contribution in [0.1, 0.15) is 16.8 Å². The standard InChI is InChI=1S/C12H13NO4/c1-3-4-11(14)13-8-5-6-9(12(15)16)10(7-8)17-2/h3,5-7H,1,4H2,2H3,(H,13,14)(H,15,16). The summed E-state index contributed by atoms with van der Waals surface area (Å²) >= 11 is 0. The summed E-state index contributed by atoms with van der Waals surface area (Å²) in [5.41, 5.74) is 0.535. The third-order valence-electron chi connectivity index (χ3n) is 2.05. The average molecular weight is 235 g/mol. The van der Waals surface area contributed by atoms with Crippen LogP contribution in [0, 0.1) is 0 Å². The van der Waals surface area contributed by atoms with Gasteiger partial charge in [0.25, 0.3) is 0 Å². The van der Waals surface area contributed by atoms with Crippen molar-refractivity contribution < 1.29 is 19.4 Å². The number of amides is 1. The molecule has 0 unspecified atom stereocenters. The van der Waals surface area contributed by atoms with Gasteiger partial charge in [-0.1, -0.05) is 6.08 Å². The Labute approximate surface area is 98.7 Å². The second-order valence-corrected chi connectivity index (χ2v) is 3.26. The van der Waals surface area contributed by atoms with E-state index in [1.807, 2.05) is 0 Å². The number of carbonyl (C=O) groups is 2. The predicted molar refractivity (Wildman–Crippen MR) is 63.4 cm³/mol. The van der Waals surface area contributed by atoms with E-state index < -0.39 is 5.97 Å². The van der Waals surface area contributed by atoms with E-state index in [1.54, 1.807) is 0 Å². The molecule has 0 spiro atoms. The van der Waals surface area contributed by atoms with Crippen LogP contribution in [0.25, 0.3) is 0 Å². The van der Waals surface area contributed by atoms with Gasteiger partial charge in [-0.2, -0.15) is 0 Å². The molecule has 0 atom stereocenters. The fourth-order valence-corrected chi connectivity index (χ4v) is 1.29. The lowest BCUT2D eigenvalue weighted by molar-refractivity contribution is -0.115. The van der Waals surface area contributed by atoms with E-state index in [-0.39, 0.29) is 23.6 Å². The van der Waals surface area contributed by atoms with Crippen LogP contribution in [-0.4, -0.2) is 24.1 Å². The number of carbonyl (C=O) groups excluding carboxylic acids is 1. The Bertz CT molecular complexity index is 454. The third kappa shape index (κ3) is 3.34. The maximum Gasteiger partial charge on any atom is 0.339 e. The second-order valence-electron chi connectivity index (χ2n) is 3.26. The molecule has 2 N–H and O–H groups in total. The fourth-order valence-electron chi connectivity index (χ4n) is 1.29. The summed E-state index contributed by atoms with van der Waals surface area (Å²) in [5.74, 6) is -1.09. The van der Waals surface area contributed by atoms with Gasteiger partial charge in [0, 0.05) is 18.2 Å². The molecule has 0 heterocycles. The number of aromatic carboxylic acids is 1. The molecule has 1 amide bonds. The molecule has 1 rings (SSSR count). The van der Waals surface area contributed by atoms with Crippen molar-refractivity contribution in [3.8, 4) is 5.75 Å². The summed E-state index contributed by atoms with van der Waals surface area (Å²) in [5, 5.41) is 11.5. The Balaban J connectivity index is 2.93. The normalized spacial score (nSPS) is 9.47. The molecule has 0 aliphatic carbocycles. The topological polar surface area (TPSA) is 75.6 Å². The largest absolute Gasteiger partial charge is 0.496 e. The first kappa shape index (κ1) is 12.8. The van der Waals surface area contributed by atoms with Crippen molar-refractivity contribution in [2.24, 2.45) is 0 Å². The summed E-state index contributed by atoms with van der Waals surface area (Å²) in [6, 6.07) is 4.35. The molecule has 17 heavy (non-hydrogen) atoms. The summed E-state index contributed by atoms with van der Waals surface area (Å²) in [6.07, 6.45) is 1.68. The van der Waals surface area contributed by atoms with E-state index in [9.17, 15) is 9.59 Å². The Hall–Kier alpha value is -2.30. The zero-order valence-corrected chi connectivity index (χ0v) is 9.40. The van der Waals surface area contributed by atoms with Crippen LogP contribution < -0.4 is 10.1 Å². The first-order chi connectivity index (χ1) is 8.08. The highest BCUT2D eigenvalue weighted by Crippen LogP contribution is 2.23. The molecule has 0 aliphatic heterocycles. The van der Waals surface area contributed by atoms with E-state index in [0.717, 1.165) is 0 Å². The number of benzene rings is 1. The van der Waals surface area contributed by atoms with Crippen LogP contribution in [-0.2, 0) is 4.79 Å². The molecule has 0 fully saturated rings. The maximum atomic E-state index is 11.3. The molecule has 1 aromatic rings. The van der Waals surface area contributed by atoms with Gasteiger partial charge in [0.15, 0.2) is 0 Å². The van der Waals surface area contributed by atoms with Gasteiger partial charge >= 0.3 is 5.97 Å². The van der Waals surface area contributed by atoms with Gasteiger partial charge in [0.1, 0.15) is 11.3 Å². The molecule has 5 nitrogen and oxygen atoms in total. The minimum Gasteiger partial charge on any atom is -0.496 e. The highest BCUT2D eigenvalue weighted by molar-refractivity contribution is 5.95. The highest BCUT2D eigenvalue weighted by atomic mass is 16.5. The Morgan fingerprint density at radius 3 is 2.76 bits per heavy atom. The molecular weight excluding hydrogens is 222 g/mol. The molecule has 0 aliphatic rings. The minimum atomic E-state index is -1.08. The van der Waals surface area contributed by atoms with Gasteiger partial charge in [-0.25, -0.2) is 4.79 Å². The van der Waals surface area contributed by atoms with E-state index in [1.165, 1.54) is 31.4 Å². The first-order valence-electron chi connectivity index (χ1n) is 4.90. The fraction of sp³-hybridized carbons (Fsp3) is 0.167. The average Bonchev–Trinajstić information content (AvgIpc) is 2.28. The predicted octanol–water partition coefficient (Wildman–Crippen LogP) is 1.91. The van der Waals surface area contributed by atoms with Gasteiger partial charge in [0.2, 0.25) is 5.91 Å². The molecule has 1 aromatic carbocycles. The van der Waals surface area contributed by atoms with Crippen LogP contribution in [0.2, 0.25) is 0 Å². The molecule has 0 saturated heterocycles. The van der Waals surface area contributed by atoms with E-state index in [4.69, 9.17) is 9.84 Å². The van der Waals surface area contributed by atoms with Gasteiger partial charge < -0.3 is 15.2 Å². The summed E-state index contributed by atoms with van der Waals surface area (Å²) in [4.78, 5) is 22.1. The van der Waals surface area contributed by atoms with Crippen LogP contribution in [0.15, 0.2) is 30.9 Å². The molecule has 90 valence electrons. The number of ether oxygens (including phenoxy) is 1. The van der Waals surface area contributed by atoms with Gasteiger partial charge in [0.05, 0.1) is 7.11 Å². The van der Waals surface area contributed by atoms with Gasteiger partial charge in [-0.3, -0.25) is 4.79 Å². The van der Waals surface area contributed by atoms with Crippen molar-refractivity contribution in [1.82, 2.24) is 0 Å². The Kier molecular flexibility index (Phi) is 4.28. The van der Waals surface area contributed by atoms with Gasteiger partial charge in [-0.05, 0) is 12.1 Å². The minimum absolute atomic E-state index is 0.0502. The van der Waals surface area contributed by atoms with E-state index >= 15 is 0 Å². The summed E-state index contributed by atoms with van der Waals surface area (Å²) in [6.45, 7) is 3.45. The van der Waals surface area contributed by atoms with E-state index in [0.29, 0.717) is 5.69 Å². The van der Waals surface area contributed by atoms with E-state index in [2.05, 4.69) is 11.9 Å². The van der Waals surface area contributed by atoms with Crippen LogP contribution in [0.4, 0.5) is 5.69 Å². The molecule has 0 radical (unpaired) electrons. The Morgan fingerprint density at radius 1 is 1.53 bits per heavy atom. The molecule has 5 heteroatoms. The van der Waals surface area contributed by atoms with Crippen LogP contribution in [0.5, 0.6) is 5.75 Å². The first-order valence-corrected chi connectivity index (χ1v) is 4.90. The number of carboxylic acid groups (broad SMARTS) is 1. The van der Waals surface area contributed by atoms with Crippen LogP contribution in [0.3, 0.4) is 0 Å². The smallest absolute Gasteiger partial charge is 0.339 e. The van der Waals surface area contributed by atoms with Crippen molar-refractivity contribution in [3.05, 3.63) is 36.4 Å². The number of methoxy groups -OCH3 is 1. The second kappa shape index (κ2) is 5.69.